The molecule has 2 atom stereocenters. The summed E-state index contributed by atoms with van der Waals surface area (Å²) < 4.78 is 5.50. The minimum Gasteiger partial charge on any atom is -0.384 e. The highest BCUT2D eigenvalue weighted by Gasteiger charge is 2.63. The van der Waals surface area contributed by atoms with Crippen molar-refractivity contribution in [1.82, 2.24) is 14.9 Å². The van der Waals surface area contributed by atoms with Crippen LogP contribution >= 0.6 is 0 Å². The van der Waals surface area contributed by atoms with Gasteiger partial charge in [0.1, 0.15) is 5.82 Å². The Hall–Kier alpha value is -2.14. The highest BCUT2D eigenvalue weighted by atomic mass is 16.5. The van der Waals surface area contributed by atoms with Gasteiger partial charge in [-0.2, -0.15) is 0 Å². The van der Waals surface area contributed by atoms with E-state index in [1.165, 1.54) is 0 Å². The normalized spacial score (nSPS) is 27.0. The Morgan fingerprint density at radius 2 is 2.28 bits per heavy atom. The molecular weight excluding hydrogens is 314 g/mol. The first-order chi connectivity index (χ1) is 12.0. The maximum absolute atomic E-state index is 13.1. The summed E-state index contributed by atoms with van der Waals surface area (Å²) in [6.45, 7) is 6.95. The fourth-order valence-electron chi connectivity index (χ4n) is 5.17. The third-order valence-corrected chi connectivity index (χ3v) is 6.00. The van der Waals surface area contributed by atoms with Crippen molar-refractivity contribution in [3.05, 3.63) is 42.2 Å². The molecule has 1 saturated carbocycles. The third kappa shape index (κ3) is 2.58. The van der Waals surface area contributed by atoms with E-state index in [0.29, 0.717) is 5.92 Å². The molecule has 1 aliphatic carbocycles. The SMILES string of the molecule is COC[C@@]12CN(C(=O)c3cccc(-c4ncc[nH]4)c3)C[C@@H]1C(C)(C)C2. The van der Waals surface area contributed by atoms with Gasteiger partial charge in [0.25, 0.3) is 5.91 Å². The summed E-state index contributed by atoms with van der Waals surface area (Å²) in [4.78, 5) is 22.5. The predicted molar refractivity (Wildman–Crippen MR) is 96.1 cm³/mol. The number of likely N-dealkylation sites (tertiary alicyclic amines) is 1. The molecular formula is C20H25N3O2. The predicted octanol–water partition coefficient (Wildman–Crippen LogP) is 3.21. The van der Waals surface area contributed by atoms with Gasteiger partial charge in [0.05, 0.1) is 6.61 Å². The van der Waals surface area contributed by atoms with Crippen molar-refractivity contribution in [2.45, 2.75) is 20.3 Å². The number of ether oxygens (including phenoxy) is 1. The molecule has 1 aromatic heterocycles. The van der Waals surface area contributed by atoms with E-state index in [1.54, 1.807) is 19.5 Å². The van der Waals surface area contributed by atoms with Crippen LogP contribution in [0.1, 0.15) is 30.6 Å². The van der Waals surface area contributed by atoms with E-state index in [9.17, 15) is 4.79 Å². The van der Waals surface area contributed by atoms with Crippen LogP contribution < -0.4 is 0 Å². The van der Waals surface area contributed by atoms with Gasteiger partial charge >= 0.3 is 0 Å². The Morgan fingerprint density at radius 3 is 2.96 bits per heavy atom. The molecule has 25 heavy (non-hydrogen) atoms. The summed E-state index contributed by atoms with van der Waals surface area (Å²) in [6.07, 6.45) is 4.63. The number of carbonyl (C=O) groups excluding carboxylic acids is 1. The number of methoxy groups -OCH3 is 1. The second-order valence-corrected chi connectivity index (χ2v) is 8.22. The smallest absolute Gasteiger partial charge is 0.253 e. The second kappa shape index (κ2) is 5.70. The quantitative estimate of drug-likeness (QED) is 0.930. The number of imidazole rings is 1. The van der Waals surface area contributed by atoms with Crippen molar-refractivity contribution < 1.29 is 9.53 Å². The van der Waals surface area contributed by atoms with Crippen molar-refractivity contribution in [2.75, 3.05) is 26.8 Å². The Morgan fingerprint density at radius 1 is 1.44 bits per heavy atom. The summed E-state index contributed by atoms with van der Waals surface area (Å²) in [5.74, 6) is 1.40. The molecule has 132 valence electrons. The van der Waals surface area contributed by atoms with Gasteiger partial charge < -0.3 is 14.6 Å². The number of benzene rings is 1. The van der Waals surface area contributed by atoms with Crippen molar-refractivity contribution in [1.29, 1.82) is 0 Å². The average molecular weight is 339 g/mol. The highest BCUT2D eigenvalue weighted by Crippen LogP contribution is 2.62. The number of rotatable bonds is 4. The standard InChI is InChI=1S/C20H25N3O2/c1-19(2)11-20(13-25-3)12-23(10-16(19)20)18(24)15-6-4-5-14(9-15)17-21-7-8-22-17/h4-9,16H,10-13H2,1-3H3,(H,21,22)/t16-,20-/m1/s1. The maximum atomic E-state index is 13.1. The molecule has 0 bridgehead atoms. The minimum absolute atomic E-state index is 0.106. The molecule has 5 nitrogen and oxygen atoms in total. The van der Waals surface area contributed by atoms with Gasteiger partial charge in [-0.15, -0.1) is 0 Å². The molecule has 1 saturated heterocycles. The second-order valence-electron chi connectivity index (χ2n) is 8.22. The van der Waals surface area contributed by atoms with Crippen molar-refractivity contribution in [3.8, 4) is 11.4 Å². The van der Waals surface area contributed by atoms with Gasteiger partial charge in [-0.05, 0) is 29.9 Å². The highest BCUT2D eigenvalue weighted by molar-refractivity contribution is 5.95. The van der Waals surface area contributed by atoms with Gasteiger partial charge in [-0.3, -0.25) is 4.79 Å². The zero-order chi connectivity index (χ0) is 17.7. The fraction of sp³-hybridized carbons (Fsp3) is 0.500. The van der Waals surface area contributed by atoms with E-state index < -0.39 is 0 Å². The number of hydrogen-bond donors (Lipinski definition) is 1. The number of nitrogens with one attached hydrogen (secondary N) is 1. The van der Waals surface area contributed by atoms with Crippen LogP contribution in [0.2, 0.25) is 0 Å². The van der Waals surface area contributed by atoms with E-state index in [-0.39, 0.29) is 16.7 Å². The van der Waals surface area contributed by atoms with Gasteiger partial charge in [0.2, 0.25) is 0 Å². The van der Waals surface area contributed by atoms with E-state index in [2.05, 4.69) is 23.8 Å². The molecule has 0 spiro atoms. The molecule has 2 aromatic rings. The molecule has 2 fully saturated rings. The number of H-pyrrole nitrogens is 1. The minimum atomic E-state index is 0.106. The first-order valence-corrected chi connectivity index (χ1v) is 8.83. The molecule has 2 aliphatic rings. The van der Waals surface area contributed by atoms with Crippen LogP contribution in [0, 0.1) is 16.7 Å². The van der Waals surface area contributed by atoms with Crippen LogP contribution in [0.15, 0.2) is 36.7 Å². The number of fused-ring (bicyclic) bond motifs is 1. The average Bonchev–Trinajstić information content (AvgIpc) is 3.21. The summed E-state index contributed by atoms with van der Waals surface area (Å²) in [6, 6.07) is 7.71. The molecule has 4 rings (SSSR count). The Bertz CT molecular complexity index is 784. The lowest BCUT2D eigenvalue weighted by Crippen LogP contribution is -2.55. The first kappa shape index (κ1) is 16.3. The lowest BCUT2D eigenvalue weighted by Gasteiger charge is -2.56. The van der Waals surface area contributed by atoms with Crippen LogP contribution in [0.3, 0.4) is 0 Å². The van der Waals surface area contributed by atoms with Crippen LogP contribution in [0.5, 0.6) is 0 Å². The number of hydrogen-bond acceptors (Lipinski definition) is 3. The van der Waals surface area contributed by atoms with Gasteiger partial charge in [-0.1, -0.05) is 26.0 Å². The molecule has 1 aliphatic heterocycles. The van der Waals surface area contributed by atoms with Crippen LogP contribution in [0.25, 0.3) is 11.4 Å². The van der Waals surface area contributed by atoms with Crippen LogP contribution in [-0.2, 0) is 4.74 Å². The largest absolute Gasteiger partial charge is 0.384 e. The number of carbonyl (C=O) groups is 1. The van der Waals surface area contributed by atoms with Gasteiger partial charge in [0, 0.05) is 49.1 Å². The molecule has 1 amide bonds. The van der Waals surface area contributed by atoms with E-state index >= 15 is 0 Å². The summed E-state index contributed by atoms with van der Waals surface area (Å²) >= 11 is 0. The summed E-state index contributed by atoms with van der Waals surface area (Å²) in [5.41, 5.74) is 2.07. The Labute approximate surface area is 148 Å². The van der Waals surface area contributed by atoms with E-state index in [1.807, 2.05) is 29.2 Å². The third-order valence-electron chi connectivity index (χ3n) is 6.00. The zero-order valence-corrected chi connectivity index (χ0v) is 15.1. The number of amides is 1. The number of aromatic nitrogens is 2. The Balaban J connectivity index is 1.57. The van der Waals surface area contributed by atoms with Crippen LogP contribution in [0.4, 0.5) is 0 Å². The first-order valence-electron chi connectivity index (χ1n) is 8.83. The number of nitrogens with zero attached hydrogens (tertiary/aromatic N) is 2. The molecule has 1 N–H and O–H groups in total. The van der Waals surface area contributed by atoms with Gasteiger partial charge in [-0.25, -0.2) is 4.98 Å². The lowest BCUT2D eigenvalue weighted by atomic mass is 9.48. The number of aromatic amines is 1. The molecule has 1 aromatic carbocycles. The monoisotopic (exact) mass is 339 g/mol. The summed E-state index contributed by atoms with van der Waals surface area (Å²) in [7, 11) is 1.76. The summed E-state index contributed by atoms with van der Waals surface area (Å²) in [5, 5.41) is 0. The zero-order valence-electron chi connectivity index (χ0n) is 15.1. The van der Waals surface area contributed by atoms with E-state index in [4.69, 9.17) is 4.74 Å². The maximum Gasteiger partial charge on any atom is 0.253 e. The van der Waals surface area contributed by atoms with Crippen molar-refractivity contribution in [3.63, 3.8) is 0 Å². The topological polar surface area (TPSA) is 58.2 Å². The Kier molecular flexibility index (Phi) is 3.72. The van der Waals surface area contributed by atoms with Crippen molar-refractivity contribution >= 4 is 5.91 Å². The lowest BCUT2D eigenvalue weighted by molar-refractivity contribution is -0.107. The van der Waals surface area contributed by atoms with Crippen LogP contribution in [-0.4, -0.2) is 47.6 Å². The molecule has 2 heterocycles. The molecule has 0 unspecified atom stereocenters. The molecule has 5 heteroatoms. The van der Waals surface area contributed by atoms with E-state index in [0.717, 1.165) is 43.1 Å². The fourth-order valence-corrected chi connectivity index (χ4v) is 5.17. The van der Waals surface area contributed by atoms with Crippen molar-refractivity contribution in [2.24, 2.45) is 16.7 Å². The molecule has 0 radical (unpaired) electrons. The van der Waals surface area contributed by atoms with Gasteiger partial charge in [0.15, 0.2) is 0 Å².